The Labute approximate surface area is 88.0 Å². The highest BCUT2D eigenvalue weighted by atomic mass is 15.1. The van der Waals surface area contributed by atoms with Crippen molar-refractivity contribution in [1.29, 1.82) is 0 Å². The summed E-state index contributed by atoms with van der Waals surface area (Å²) in [6.07, 6.45) is 2.46. The van der Waals surface area contributed by atoms with Crippen molar-refractivity contribution < 1.29 is 0 Å². The number of nitrogens with zero attached hydrogens (tertiary/aromatic N) is 1. The molecule has 3 unspecified atom stereocenters. The quantitative estimate of drug-likeness (QED) is 0.678. The minimum Gasteiger partial charge on any atom is -0.330 e. The maximum absolute atomic E-state index is 5.61. The largest absolute Gasteiger partial charge is 0.330 e. The third kappa shape index (κ3) is 2.94. The summed E-state index contributed by atoms with van der Waals surface area (Å²) in [5.41, 5.74) is 5.61. The lowest BCUT2D eigenvalue weighted by molar-refractivity contribution is 0.271. The first-order chi connectivity index (χ1) is 6.69. The Morgan fingerprint density at radius 1 is 1.57 bits per heavy atom. The predicted molar refractivity (Wildman–Crippen MR) is 61.3 cm³/mol. The highest BCUT2D eigenvalue weighted by molar-refractivity contribution is 4.86. The van der Waals surface area contributed by atoms with Crippen molar-refractivity contribution in [1.82, 2.24) is 10.2 Å². The standard InChI is InChI=1S/C11H25N3/c1-9(4-6-12)11(13-2)10-5-7-14(3)8-10/h9-11,13H,4-8,12H2,1-3H3. The lowest BCUT2D eigenvalue weighted by Crippen LogP contribution is -2.41. The average Bonchev–Trinajstić information content (AvgIpc) is 2.54. The smallest absolute Gasteiger partial charge is 0.0131 e. The Bertz CT molecular complexity index is 161. The molecule has 0 aromatic heterocycles. The van der Waals surface area contributed by atoms with Gasteiger partial charge < -0.3 is 16.0 Å². The van der Waals surface area contributed by atoms with Gasteiger partial charge >= 0.3 is 0 Å². The number of rotatable bonds is 5. The summed E-state index contributed by atoms with van der Waals surface area (Å²) in [6.45, 7) is 5.60. The number of nitrogens with two attached hydrogens (primary N) is 1. The number of hydrogen-bond donors (Lipinski definition) is 2. The fourth-order valence-electron chi connectivity index (χ4n) is 2.69. The van der Waals surface area contributed by atoms with Gasteiger partial charge in [0.05, 0.1) is 0 Å². The van der Waals surface area contributed by atoms with Gasteiger partial charge in [-0.15, -0.1) is 0 Å². The van der Waals surface area contributed by atoms with Crippen LogP contribution in [0.4, 0.5) is 0 Å². The van der Waals surface area contributed by atoms with E-state index in [-0.39, 0.29) is 0 Å². The zero-order chi connectivity index (χ0) is 10.6. The van der Waals surface area contributed by atoms with E-state index in [1.165, 1.54) is 19.5 Å². The third-order valence-corrected chi connectivity index (χ3v) is 3.50. The van der Waals surface area contributed by atoms with E-state index in [2.05, 4.69) is 31.2 Å². The second-order valence-corrected chi connectivity index (χ2v) is 4.68. The Kier molecular flexibility index (Phi) is 4.85. The zero-order valence-corrected chi connectivity index (χ0v) is 9.79. The summed E-state index contributed by atoms with van der Waals surface area (Å²) in [4.78, 5) is 2.42. The van der Waals surface area contributed by atoms with E-state index in [0.717, 1.165) is 18.9 Å². The highest BCUT2D eigenvalue weighted by Gasteiger charge is 2.29. The summed E-state index contributed by atoms with van der Waals surface area (Å²) in [5.74, 6) is 1.51. The van der Waals surface area contributed by atoms with E-state index in [9.17, 15) is 0 Å². The molecule has 1 fully saturated rings. The van der Waals surface area contributed by atoms with Gasteiger partial charge in [-0.25, -0.2) is 0 Å². The molecule has 3 nitrogen and oxygen atoms in total. The fraction of sp³-hybridized carbons (Fsp3) is 1.00. The summed E-state index contributed by atoms with van der Waals surface area (Å²) < 4.78 is 0. The van der Waals surface area contributed by atoms with Gasteiger partial charge in [-0.1, -0.05) is 6.92 Å². The van der Waals surface area contributed by atoms with E-state index >= 15 is 0 Å². The van der Waals surface area contributed by atoms with Crippen LogP contribution in [0.15, 0.2) is 0 Å². The predicted octanol–water partition coefficient (Wildman–Crippen LogP) is 0.511. The Morgan fingerprint density at radius 2 is 2.29 bits per heavy atom. The van der Waals surface area contributed by atoms with Crippen LogP contribution in [0.25, 0.3) is 0 Å². The first-order valence-electron chi connectivity index (χ1n) is 5.75. The summed E-state index contributed by atoms with van der Waals surface area (Å²) in [7, 11) is 4.29. The first-order valence-corrected chi connectivity index (χ1v) is 5.75. The van der Waals surface area contributed by atoms with Gasteiger partial charge in [0.1, 0.15) is 0 Å². The fourth-order valence-corrected chi connectivity index (χ4v) is 2.69. The molecular weight excluding hydrogens is 174 g/mol. The van der Waals surface area contributed by atoms with Crippen molar-refractivity contribution in [2.45, 2.75) is 25.8 Å². The summed E-state index contributed by atoms with van der Waals surface area (Å²) in [5, 5.41) is 3.47. The monoisotopic (exact) mass is 199 g/mol. The lowest BCUT2D eigenvalue weighted by Gasteiger charge is -2.28. The SMILES string of the molecule is CNC(C(C)CCN)C1CCN(C)C1. The van der Waals surface area contributed by atoms with E-state index in [0.29, 0.717) is 12.0 Å². The van der Waals surface area contributed by atoms with Crippen LogP contribution in [0.3, 0.4) is 0 Å². The molecule has 0 saturated carbocycles. The van der Waals surface area contributed by atoms with E-state index in [4.69, 9.17) is 5.73 Å². The summed E-state index contributed by atoms with van der Waals surface area (Å²) >= 11 is 0. The van der Waals surface area contributed by atoms with Crippen molar-refractivity contribution in [3.63, 3.8) is 0 Å². The molecule has 1 saturated heterocycles. The normalized spacial score (nSPS) is 27.9. The molecule has 0 bridgehead atoms. The molecule has 3 N–H and O–H groups in total. The Balaban J connectivity index is 2.44. The van der Waals surface area contributed by atoms with E-state index in [1.807, 2.05) is 0 Å². The maximum atomic E-state index is 5.61. The molecule has 0 spiro atoms. The minimum atomic E-state index is 0.642. The molecule has 0 aliphatic carbocycles. The molecule has 14 heavy (non-hydrogen) atoms. The number of likely N-dealkylation sites (tertiary alicyclic amines) is 1. The van der Waals surface area contributed by atoms with Gasteiger partial charge in [0, 0.05) is 12.6 Å². The Morgan fingerprint density at radius 3 is 2.71 bits per heavy atom. The van der Waals surface area contributed by atoms with E-state index in [1.54, 1.807) is 0 Å². The zero-order valence-electron chi connectivity index (χ0n) is 9.79. The van der Waals surface area contributed by atoms with Crippen LogP contribution in [0, 0.1) is 11.8 Å². The van der Waals surface area contributed by atoms with Crippen molar-refractivity contribution in [2.24, 2.45) is 17.6 Å². The van der Waals surface area contributed by atoms with Crippen LogP contribution < -0.4 is 11.1 Å². The molecule has 0 radical (unpaired) electrons. The van der Waals surface area contributed by atoms with Crippen molar-refractivity contribution in [3.8, 4) is 0 Å². The van der Waals surface area contributed by atoms with Crippen LogP contribution in [0.5, 0.6) is 0 Å². The van der Waals surface area contributed by atoms with Gasteiger partial charge in [0.2, 0.25) is 0 Å². The van der Waals surface area contributed by atoms with Crippen molar-refractivity contribution in [3.05, 3.63) is 0 Å². The molecule has 1 rings (SSSR count). The van der Waals surface area contributed by atoms with Crippen LogP contribution in [0.2, 0.25) is 0 Å². The van der Waals surface area contributed by atoms with Crippen LogP contribution in [-0.2, 0) is 0 Å². The summed E-state index contributed by atoms with van der Waals surface area (Å²) in [6, 6.07) is 0.642. The minimum absolute atomic E-state index is 0.642. The van der Waals surface area contributed by atoms with Crippen LogP contribution >= 0.6 is 0 Å². The number of hydrogen-bond acceptors (Lipinski definition) is 3. The van der Waals surface area contributed by atoms with Crippen molar-refractivity contribution in [2.75, 3.05) is 33.7 Å². The van der Waals surface area contributed by atoms with Gasteiger partial charge in [-0.3, -0.25) is 0 Å². The lowest BCUT2D eigenvalue weighted by atomic mass is 9.87. The Hall–Kier alpha value is -0.120. The van der Waals surface area contributed by atoms with Crippen LogP contribution in [0.1, 0.15) is 19.8 Å². The van der Waals surface area contributed by atoms with Gasteiger partial charge in [0.25, 0.3) is 0 Å². The average molecular weight is 199 g/mol. The van der Waals surface area contributed by atoms with Gasteiger partial charge in [-0.2, -0.15) is 0 Å². The second kappa shape index (κ2) is 5.69. The molecule has 1 aliphatic rings. The highest BCUT2D eigenvalue weighted by Crippen LogP contribution is 2.24. The topological polar surface area (TPSA) is 41.3 Å². The van der Waals surface area contributed by atoms with E-state index < -0.39 is 0 Å². The third-order valence-electron chi connectivity index (χ3n) is 3.50. The first kappa shape index (κ1) is 12.0. The molecule has 0 aromatic rings. The maximum Gasteiger partial charge on any atom is 0.0131 e. The second-order valence-electron chi connectivity index (χ2n) is 4.68. The molecule has 0 aromatic carbocycles. The molecule has 0 amide bonds. The molecule has 1 aliphatic heterocycles. The molecule has 84 valence electrons. The molecular formula is C11H25N3. The molecule has 1 heterocycles. The van der Waals surface area contributed by atoms with Crippen molar-refractivity contribution >= 4 is 0 Å². The number of nitrogens with one attached hydrogen (secondary N) is 1. The molecule has 3 atom stereocenters. The van der Waals surface area contributed by atoms with Crippen LogP contribution in [-0.4, -0.2) is 44.7 Å². The van der Waals surface area contributed by atoms with Gasteiger partial charge in [0.15, 0.2) is 0 Å². The molecule has 3 heteroatoms. The van der Waals surface area contributed by atoms with Gasteiger partial charge in [-0.05, 0) is 51.9 Å².